The van der Waals surface area contributed by atoms with Gasteiger partial charge in [0.1, 0.15) is 0 Å². The highest BCUT2D eigenvalue weighted by Crippen LogP contribution is 2.31. The Morgan fingerprint density at radius 3 is 2.92 bits per heavy atom. The highest BCUT2D eigenvalue weighted by Gasteiger charge is 2.29. The fourth-order valence-electron chi connectivity index (χ4n) is 1.81. The van der Waals surface area contributed by atoms with Crippen molar-refractivity contribution in [1.82, 2.24) is 0 Å². The second kappa shape index (κ2) is 2.29. The van der Waals surface area contributed by atoms with E-state index in [4.69, 9.17) is 5.73 Å². The third-order valence-corrected chi connectivity index (χ3v) is 2.64. The van der Waals surface area contributed by atoms with Gasteiger partial charge in [0.15, 0.2) is 7.28 Å². The number of anilines is 1. The summed E-state index contributed by atoms with van der Waals surface area (Å²) < 4.78 is 0. The minimum Gasteiger partial charge on any atom is -0.399 e. The van der Waals surface area contributed by atoms with Gasteiger partial charge < -0.3 is 5.73 Å². The molecule has 0 bridgehead atoms. The van der Waals surface area contributed by atoms with Crippen molar-refractivity contribution in [2.24, 2.45) is 0 Å². The maximum Gasteiger partial charge on any atom is 0.152 e. The average Bonchev–Trinajstić information content (AvgIpc) is 2.28. The molecule has 0 fully saturated rings. The Kier molecular flexibility index (Phi) is 1.47. The Morgan fingerprint density at radius 1 is 1.42 bits per heavy atom. The van der Waals surface area contributed by atoms with Gasteiger partial charge in [-0.15, -0.1) is 0 Å². The normalized spacial score (nSPS) is 18.5. The van der Waals surface area contributed by atoms with Crippen molar-refractivity contribution in [1.29, 1.82) is 0 Å². The summed E-state index contributed by atoms with van der Waals surface area (Å²) in [6.45, 7) is 4.52. The van der Waals surface area contributed by atoms with Crippen LogP contribution in [0, 0.1) is 0 Å². The summed E-state index contributed by atoms with van der Waals surface area (Å²) >= 11 is 0. The molecule has 1 aromatic carbocycles. The quantitative estimate of drug-likeness (QED) is 0.447. The summed E-state index contributed by atoms with van der Waals surface area (Å²) in [4.78, 5) is 0. The van der Waals surface area contributed by atoms with Crippen molar-refractivity contribution in [2.75, 3.05) is 5.73 Å². The lowest BCUT2D eigenvalue weighted by molar-refractivity contribution is 0.603. The summed E-state index contributed by atoms with van der Waals surface area (Å²) in [5.74, 6) is 0. The molecule has 2 rings (SSSR count). The molecular weight excluding hydrogens is 145 g/mol. The molecule has 2 N–H and O–H groups in total. The first-order valence-corrected chi connectivity index (χ1v) is 4.33. The third kappa shape index (κ3) is 1.02. The van der Waals surface area contributed by atoms with Crippen molar-refractivity contribution < 1.29 is 0 Å². The molecule has 0 aliphatic carbocycles. The average molecular weight is 158 g/mol. The molecule has 1 heterocycles. The molecule has 1 radical (unpaired) electrons. The Labute approximate surface area is 74.2 Å². The van der Waals surface area contributed by atoms with Crippen LogP contribution in [-0.2, 0) is 5.41 Å². The van der Waals surface area contributed by atoms with Crippen LogP contribution in [0.4, 0.5) is 5.69 Å². The van der Waals surface area contributed by atoms with E-state index in [9.17, 15) is 0 Å². The first kappa shape index (κ1) is 7.72. The smallest absolute Gasteiger partial charge is 0.152 e. The van der Waals surface area contributed by atoms with Gasteiger partial charge in [-0.05, 0) is 23.1 Å². The van der Waals surface area contributed by atoms with Gasteiger partial charge >= 0.3 is 0 Å². The molecule has 2 heteroatoms. The predicted octanol–water partition coefficient (Wildman–Crippen LogP) is 1.31. The Hall–Kier alpha value is -0.915. The van der Waals surface area contributed by atoms with E-state index in [-0.39, 0.29) is 5.41 Å². The second-order valence-electron chi connectivity index (χ2n) is 4.14. The topological polar surface area (TPSA) is 26.0 Å². The number of nitrogens with two attached hydrogens (primary N) is 1. The summed E-state index contributed by atoms with van der Waals surface area (Å²) in [6, 6.07) is 6.18. The largest absolute Gasteiger partial charge is 0.399 e. The van der Waals surface area contributed by atoms with E-state index in [0.717, 1.165) is 12.0 Å². The number of hydrogen-bond donors (Lipinski definition) is 1. The molecule has 12 heavy (non-hydrogen) atoms. The summed E-state index contributed by atoms with van der Waals surface area (Å²) in [5, 5.41) is 0. The van der Waals surface area contributed by atoms with Crippen LogP contribution in [0.2, 0.25) is 6.32 Å². The molecule has 0 saturated heterocycles. The predicted molar refractivity (Wildman–Crippen MR) is 54.1 cm³/mol. The Morgan fingerprint density at radius 2 is 2.17 bits per heavy atom. The Bertz CT molecular complexity index is 318. The van der Waals surface area contributed by atoms with Crippen molar-refractivity contribution in [3.8, 4) is 0 Å². The van der Waals surface area contributed by atoms with Crippen molar-refractivity contribution in [2.45, 2.75) is 25.6 Å². The Balaban J connectivity index is 2.57. The standard InChI is InChI=1S/C10H13BN/c1-10(2)6-11-9-4-3-7(12)5-8(9)10/h3-5H,6,12H2,1-2H3. The third-order valence-electron chi connectivity index (χ3n) is 2.64. The van der Waals surface area contributed by atoms with Crippen LogP contribution in [0.15, 0.2) is 18.2 Å². The number of hydrogen-bond acceptors (Lipinski definition) is 1. The molecule has 61 valence electrons. The van der Waals surface area contributed by atoms with Crippen LogP contribution in [0.25, 0.3) is 0 Å². The summed E-state index contributed by atoms with van der Waals surface area (Å²) in [6.07, 6.45) is 1.13. The number of benzene rings is 1. The molecule has 0 aromatic heterocycles. The van der Waals surface area contributed by atoms with Crippen molar-refractivity contribution in [3.63, 3.8) is 0 Å². The van der Waals surface area contributed by atoms with Gasteiger partial charge in [0, 0.05) is 5.69 Å². The molecule has 0 saturated carbocycles. The van der Waals surface area contributed by atoms with Crippen LogP contribution >= 0.6 is 0 Å². The van der Waals surface area contributed by atoms with E-state index < -0.39 is 0 Å². The van der Waals surface area contributed by atoms with E-state index in [1.54, 1.807) is 0 Å². The zero-order valence-electron chi connectivity index (χ0n) is 7.59. The summed E-state index contributed by atoms with van der Waals surface area (Å²) in [5.41, 5.74) is 9.64. The molecular formula is C10H13BN. The van der Waals surface area contributed by atoms with E-state index >= 15 is 0 Å². The van der Waals surface area contributed by atoms with E-state index in [0.29, 0.717) is 0 Å². The SMILES string of the molecule is CC1(C)C[B]c2ccc(N)cc21. The van der Waals surface area contributed by atoms with Crippen LogP contribution in [0.3, 0.4) is 0 Å². The molecule has 0 spiro atoms. The van der Waals surface area contributed by atoms with Gasteiger partial charge in [0.25, 0.3) is 0 Å². The van der Waals surface area contributed by atoms with E-state index in [2.05, 4.69) is 33.3 Å². The first-order valence-electron chi connectivity index (χ1n) is 4.33. The highest BCUT2D eigenvalue weighted by atomic mass is 14.5. The summed E-state index contributed by atoms with van der Waals surface area (Å²) in [7, 11) is 2.29. The molecule has 0 amide bonds. The van der Waals surface area contributed by atoms with Gasteiger partial charge in [0.2, 0.25) is 0 Å². The minimum atomic E-state index is 0.282. The van der Waals surface area contributed by atoms with Crippen LogP contribution < -0.4 is 11.2 Å². The van der Waals surface area contributed by atoms with Crippen LogP contribution in [0.5, 0.6) is 0 Å². The lowest BCUT2D eigenvalue weighted by Gasteiger charge is -2.19. The molecule has 1 nitrogen and oxygen atoms in total. The monoisotopic (exact) mass is 158 g/mol. The molecule has 0 atom stereocenters. The van der Waals surface area contributed by atoms with Crippen LogP contribution in [0.1, 0.15) is 19.4 Å². The van der Waals surface area contributed by atoms with Gasteiger partial charge in [-0.2, -0.15) is 0 Å². The lowest BCUT2D eigenvalue weighted by Crippen LogP contribution is -2.15. The number of nitrogen functional groups attached to an aromatic ring is 1. The fraction of sp³-hybridized carbons (Fsp3) is 0.400. The van der Waals surface area contributed by atoms with Crippen molar-refractivity contribution >= 4 is 18.4 Å². The second-order valence-corrected chi connectivity index (χ2v) is 4.14. The minimum absolute atomic E-state index is 0.282. The molecule has 1 aromatic rings. The van der Waals surface area contributed by atoms with Gasteiger partial charge in [-0.1, -0.05) is 31.7 Å². The lowest BCUT2D eigenvalue weighted by atomic mass is 9.69. The van der Waals surface area contributed by atoms with Crippen molar-refractivity contribution in [3.05, 3.63) is 23.8 Å². The number of fused-ring (bicyclic) bond motifs is 1. The van der Waals surface area contributed by atoms with E-state index in [1.807, 2.05) is 6.07 Å². The zero-order chi connectivity index (χ0) is 8.77. The maximum atomic E-state index is 5.74. The highest BCUT2D eigenvalue weighted by molar-refractivity contribution is 6.56. The zero-order valence-corrected chi connectivity index (χ0v) is 7.59. The van der Waals surface area contributed by atoms with Crippen LogP contribution in [-0.4, -0.2) is 7.28 Å². The van der Waals surface area contributed by atoms with Gasteiger partial charge in [-0.25, -0.2) is 0 Å². The van der Waals surface area contributed by atoms with E-state index in [1.165, 1.54) is 11.0 Å². The van der Waals surface area contributed by atoms with Gasteiger partial charge in [0.05, 0.1) is 0 Å². The first-order chi connectivity index (χ1) is 5.59. The number of rotatable bonds is 0. The maximum absolute atomic E-state index is 5.74. The molecule has 0 unspecified atom stereocenters. The fourth-order valence-corrected chi connectivity index (χ4v) is 1.81. The molecule has 1 aliphatic rings. The molecule has 1 aliphatic heterocycles. The van der Waals surface area contributed by atoms with Gasteiger partial charge in [-0.3, -0.25) is 0 Å².